The van der Waals surface area contributed by atoms with Crippen molar-refractivity contribution in [1.82, 2.24) is 30.2 Å². The standard InChI is InChI=1S/C20H16ClN7O/c1-2-28-19(15(21)10-24-28)20(29)25-17-6-11(7-18-14(17)9-23-27-18)12-4-3-5-16-13(12)8-22-26-16/h3-10H,2H2,1H3,(H,22,26)(H,23,27)(H,25,29). The van der Waals surface area contributed by atoms with E-state index >= 15 is 0 Å². The summed E-state index contributed by atoms with van der Waals surface area (Å²) in [5.74, 6) is -0.324. The summed E-state index contributed by atoms with van der Waals surface area (Å²) in [4.78, 5) is 13.0. The molecule has 29 heavy (non-hydrogen) atoms. The van der Waals surface area contributed by atoms with Gasteiger partial charge in [0.1, 0.15) is 5.69 Å². The van der Waals surface area contributed by atoms with Crippen LogP contribution in [0.2, 0.25) is 5.02 Å². The molecule has 0 atom stereocenters. The molecule has 0 spiro atoms. The molecule has 0 bridgehead atoms. The first-order valence-electron chi connectivity index (χ1n) is 9.08. The van der Waals surface area contributed by atoms with Crippen molar-refractivity contribution in [3.8, 4) is 11.1 Å². The number of rotatable bonds is 4. The molecule has 5 rings (SSSR count). The van der Waals surface area contributed by atoms with E-state index in [1.54, 1.807) is 17.1 Å². The minimum absolute atomic E-state index is 0.312. The van der Waals surface area contributed by atoms with Gasteiger partial charge in [0.25, 0.3) is 5.91 Å². The monoisotopic (exact) mass is 405 g/mol. The van der Waals surface area contributed by atoms with E-state index in [2.05, 4.69) is 30.8 Å². The smallest absolute Gasteiger partial charge is 0.275 e. The zero-order valence-corrected chi connectivity index (χ0v) is 16.2. The number of aromatic nitrogens is 6. The lowest BCUT2D eigenvalue weighted by molar-refractivity contribution is 0.101. The Morgan fingerprint density at radius 3 is 2.72 bits per heavy atom. The average Bonchev–Trinajstić information content (AvgIpc) is 3.46. The van der Waals surface area contributed by atoms with E-state index in [0.717, 1.165) is 32.9 Å². The molecule has 0 saturated carbocycles. The molecule has 3 N–H and O–H groups in total. The van der Waals surface area contributed by atoms with Crippen molar-refractivity contribution in [2.24, 2.45) is 0 Å². The Labute approximate surface area is 169 Å². The van der Waals surface area contributed by atoms with Crippen molar-refractivity contribution in [3.63, 3.8) is 0 Å². The van der Waals surface area contributed by atoms with Crippen molar-refractivity contribution in [3.05, 3.63) is 59.6 Å². The Morgan fingerprint density at radius 1 is 1.10 bits per heavy atom. The van der Waals surface area contributed by atoms with E-state index < -0.39 is 0 Å². The Bertz CT molecular complexity index is 1360. The number of anilines is 1. The zero-order valence-electron chi connectivity index (χ0n) is 15.4. The topological polar surface area (TPSA) is 104 Å². The second kappa shape index (κ2) is 6.75. The van der Waals surface area contributed by atoms with Gasteiger partial charge in [-0.2, -0.15) is 15.3 Å². The Kier molecular flexibility index (Phi) is 4.06. The van der Waals surface area contributed by atoms with E-state index in [1.165, 1.54) is 6.20 Å². The number of fused-ring (bicyclic) bond motifs is 2. The van der Waals surface area contributed by atoms with Crippen LogP contribution in [0.5, 0.6) is 0 Å². The number of aromatic amines is 2. The number of hydrogen-bond donors (Lipinski definition) is 3. The molecule has 0 aliphatic carbocycles. The van der Waals surface area contributed by atoms with Gasteiger partial charge in [-0.1, -0.05) is 23.7 Å². The third kappa shape index (κ3) is 2.85. The third-order valence-corrected chi connectivity index (χ3v) is 5.19. The summed E-state index contributed by atoms with van der Waals surface area (Å²) in [7, 11) is 0. The molecule has 144 valence electrons. The number of nitrogens with one attached hydrogen (secondary N) is 3. The molecule has 0 aliphatic heterocycles. The van der Waals surface area contributed by atoms with Crippen LogP contribution in [0, 0.1) is 0 Å². The predicted octanol–water partition coefficient (Wildman–Crippen LogP) is 4.23. The summed E-state index contributed by atoms with van der Waals surface area (Å²) < 4.78 is 1.57. The fourth-order valence-corrected chi connectivity index (χ4v) is 3.77. The van der Waals surface area contributed by atoms with Gasteiger partial charge in [-0.05, 0) is 36.2 Å². The lowest BCUT2D eigenvalue weighted by Gasteiger charge is -2.11. The number of carbonyl (C=O) groups is 1. The maximum absolute atomic E-state index is 13.0. The summed E-state index contributed by atoms with van der Waals surface area (Å²) in [6, 6.07) is 9.88. The van der Waals surface area contributed by atoms with Crippen molar-refractivity contribution < 1.29 is 4.79 Å². The first-order chi connectivity index (χ1) is 14.2. The van der Waals surface area contributed by atoms with Crippen LogP contribution in [-0.4, -0.2) is 36.1 Å². The summed E-state index contributed by atoms with van der Waals surface area (Å²) in [6.07, 6.45) is 4.95. The van der Waals surface area contributed by atoms with Crippen molar-refractivity contribution >= 4 is 45.0 Å². The third-order valence-electron chi connectivity index (χ3n) is 4.91. The van der Waals surface area contributed by atoms with E-state index in [1.807, 2.05) is 37.3 Å². The van der Waals surface area contributed by atoms with Gasteiger partial charge < -0.3 is 5.32 Å². The first-order valence-corrected chi connectivity index (χ1v) is 9.45. The second-order valence-electron chi connectivity index (χ2n) is 6.60. The van der Waals surface area contributed by atoms with Gasteiger partial charge in [-0.3, -0.25) is 19.7 Å². The first kappa shape index (κ1) is 17.4. The molecular weight excluding hydrogens is 390 g/mol. The SMILES string of the molecule is CCn1ncc(Cl)c1C(=O)Nc1cc(-c2cccc3[nH]ncc23)cc2[nH]ncc12. The van der Waals surface area contributed by atoms with Gasteiger partial charge in [0.05, 0.1) is 40.3 Å². The molecule has 0 unspecified atom stereocenters. The lowest BCUT2D eigenvalue weighted by atomic mass is 10.00. The highest BCUT2D eigenvalue weighted by Gasteiger charge is 2.19. The molecule has 0 fully saturated rings. The van der Waals surface area contributed by atoms with Gasteiger partial charge in [0, 0.05) is 17.3 Å². The Hall–Kier alpha value is -3.65. The van der Waals surface area contributed by atoms with Crippen LogP contribution in [0.25, 0.3) is 32.9 Å². The average molecular weight is 406 g/mol. The predicted molar refractivity (Wildman–Crippen MR) is 112 cm³/mol. The van der Waals surface area contributed by atoms with Gasteiger partial charge in [0.2, 0.25) is 0 Å². The molecule has 0 radical (unpaired) electrons. The fraction of sp³-hybridized carbons (Fsp3) is 0.100. The molecule has 3 heterocycles. The van der Waals surface area contributed by atoms with E-state index in [4.69, 9.17) is 11.6 Å². The fourth-order valence-electron chi connectivity index (χ4n) is 3.54. The van der Waals surface area contributed by atoms with Gasteiger partial charge >= 0.3 is 0 Å². The number of H-pyrrole nitrogens is 2. The summed E-state index contributed by atoms with van der Waals surface area (Å²) in [5, 5.41) is 23.5. The molecule has 3 aromatic heterocycles. The lowest BCUT2D eigenvalue weighted by Crippen LogP contribution is -2.18. The molecule has 8 nitrogen and oxygen atoms in total. The quantitative estimate of drug-likeness (QED) is 0.416. The molecule has 5 aromatic rings. The number of amides is 1. The minimum atomic E-state index is -0.324. The van der Waals surface area contributed by atoms with Crippen LogP contribution in [0.1, 0.15) is 17.4 Å². The number of nitrogens with zero attached hydrogens (tertiary/aromatic N) is 4. The highest BCUT2D eigenvalue weighted by molar-refractivity contribution is 6.34. The van der Waals surface area contributed by atoms with Crippen LogP contribution in [0.3, 0.4) is 0 Å². The zero-order chi connectivity index (χ0) is 20.0. The molecule has 9 heteroatoms. The highest BCUT2D eigenvalue weighted by atomic mass is 35.5. The molecular formula is C20H16ClN7O. The van der Waals surface area contributed by atoms with Crippen molar-refractivity contribution in [2.75, 3.05) is 5.32 Å². The largest absolute Gasteiger partial charge is 0.320 e. The van der Waals surface area contributed by atoms with E-state index in [-0.39, 0.29) is 5.91 Å². The second-order valence-corrected chi connectivity index (χ2v) is 7.01. The van der Waals surface area contributed by atoms with Gasteiger partial charge in [0.15, 0.2) is 0 Å². The molecule has 2 aromatic carbocycles. The Balaban J connectivity index is 1.63. The van der Waals surface area contributed by atoms with Crippen LogP contribution in [-0.2, 0) is 6.54 Å². The number of hydrogen-bond acceptors (Lipinski definition) is 4. The maximum atomic E-state index is 13.0. The van der Waals surface area contributed by atoms with Crippen LogP contribution < -0.4 is 5.32 Å². The van der Waals surface area contributed by atoms with Crippen LogP contribution >= 0.6 is 11.6 Å². The van der Waals surface area contributed by atoms with E-state index in [9.17, 15) is 4.79 Å². The van der Waals surface area contributed by atoms with E-state index in [0.29, 0.717) is 22.9 Å². The van der Waals surface area contributed by atoms with Crippen LogP contribution in [0.4, 0.5) is 5.69 Å². The highest BCUT2D eigenvalue weighted by Crippen LogP contribution is 2.34. The number of halogens is 1. The summed E-state index contributed by atoms with van der Waals surface area (Å²) in [5.41, 5.74) is 4.65. The summed E-state index contributed by atoms with van der Waals surface area (Å²) >= 11 is 6.19. The van der Waals surface area contributed by atoms with Gasteiger partial charge in [-0.15, -0.1) is 0 Å². The maximum Gasteiger partial charge on any atom is 0.275 e. The normalized spacial score (nSPS) is 11.4. The van der Waals surface area contributed by atoms with Crippen molar-refractivity contribution in [2.45, 2.75) is 13.5 Å². The molecule has 0 saturated heterocycles. The van der Waals surface area contributed by atoms with Crippen molar-refractivity contribution in [1.29, 1.82) is 0 Å². The number of carbonyl (C=O) groups excluding carboxylic acids is 1. The van der Waals surface area contributed by atoms with Crippen LogP contribution in [0.15, 0.2) is 48.9 Å². The number of benzene rings is 2. The van der Waals surface area contributed by atoms with Gasteiger partial charge in [-0.25, -0.2) is 0 Å². The minimum Gasteiger partial charge on any atom is -0.320 e. The Morgan fingerprint density at radius 2 is 1.90 bits per heavy atom. The molecule has 1 amide bonds. The number of aryl methyl sites for hydroxylation is 1. The molecule has 0 aliphatic rings. The summed E-state index contributed by atoms with van der Waals surface area (Å²) in [6.45, 7) is 2.44.